The highest BCUT2D eigenvalue weighted by atomic mass is 32.2. The van der Waals surface area contributed by atoms with Gasteiger partial charge in [-0.3, -0.25) is 4.79 Å². The van der Waals surface area contributed by atoms with Gasteiger partial charge < -0.3 is 10.4 Å². The van der Waals surface area contributed by atoms with Gasteiger partial charge in [-0.25, -0.2) is 8.42 Å². The van der Waals surface area contributed by atoms with Crippen molar-refractivity contribution in [3.8, 4) is 0 Å². The van der Waals surface area contributed by atoms with Crippen molar-refractivity contribution in [3.05, 3.63) is 65.2 Å². The largest absolute Gasteiger partial charge is 0.392 e. The van der Waals surface area contributed by atoms with Crippen LogP contribution < -0.4 is 5.32 Å². The number of hydrogen-bond donors (Lipinski definition) is 2. The molecule has 0 aromatic heterocycles. The Hall–Kier alpha value is -2.22. The molecule has 2 aromatic rings. The predicted molar refractivity (Wildman–Crippen MR) is 101 cm³/mol. The lowest BCUT2D eigenvalue weighted by atomic mass is 10.1. The average molecular weight is 386 g/mol. The molecule has 1 aliphatic carbocycles. The molecule has 6 nitrogen and oxygen atoms in total. The zero-order chi connectivity index (χ0) is 19.0. The Kier molecular flexibility index (Phi) is 4.75. The Labute approximate surface area is 158 Å². The molecule has 4 rings (SSSR count). The van der Waals surface area contributed by atoms with Gasteiger partial charge in [-0.15, -0.1) is 0 Å². The van der Waals surface area contributed by atoms with Crippen LogP contribution in [0, 0.1) is 0 Å². The molecule has 142 valence electrons. The molecular weight excluding hydrogens is 364 g/mol. The molecule has 27 heavy (non-hydrogen) atoms. The van der Waals surface area contributed by atoms with E-state index in [2.05, 4.69) is 17.4 Å². The smallest absolute Gasteiger partial charge is 0.251 e. The minimum absolute atomic E-state index is 0.0175. The fourth-order valence-corrected chi connectivity index (χ4v) is 5.34. The topological polar surface area (TPSA) is 86.7 Å². The third-order valence-corrected chi connectivity index (χ3v) is 7.11. The van der Waals surface area contributed by atoms with Crippen molar-refractivity contribution in [2.45, 2.75) is 36.3 Å². The Morgan fingerprint density at radius 3 is 2.41 bits per heavy atom. The normalized spacial score (nSPS) is 20.6. The van der Waals surface area contributed by atoms with Crippen molar-refractivity contribution >= 4 is 15.9 Å². The molecule has 1 atom stereocenters. The van der Waals surface area contributed by atoms with Gasteiger partial charge in [-0.05, 0) is 48.6 Å². The number of fused-ring (bicyclic) bond motifs is 1. The first-order chi connectivity index (χ1) is 12.9. The van der Waals surface area contributed by atoms with Crippen molar-refractivity contribution in [1.29, 1.82) is 0 Å². The molecular formula is C20H22N2O4S. The van der Waals surface area contributed by atoms with Gasteiger partial charge in [-0.1, -0.05) is 30.3 Å². The predicted octanol–water partition coefficient (Wildman–Crippen LogP) is 1.34. The lowest BCUT2D eigenvalue weighted by Crippen LogP contribution is -2.35. The lowest BCUT2D eigenvalue weighted by Gasteiger charge is -2.17. The van der Waals surface area contributed by atoms with Gasteiger partial charge in [-0.2, -0.15) is 4.31 Å². The molecule has 1 heterocycles. The number of β-amino-alcohol motifs (C(OH)–C–C–N with tert-alkyl or cyclic N) is 1. The second-order valence-electron chi connectivity index (χ2n) is 7.18. The summed E-state index contributed by atoms with van der Waals surface area (Å²) in [6, 6.07) is 14.2. The van der Waals surface area contributed by atoms with Crippen LogP contribution in [0.3, 0.4) is 0 Å². The van der Waals surface area contributed by atoms with E-state index in [1.165, 1.54) is 27.6 Å². The van der Waals surface area contributed by atoms with E-state index in [1.807, 2.05) is 12.1 Å². The van der Waals surface area contributed by atoms with Crippen LogP contribution in [0.15, 0.2) is 53.4 Å². The minimum atomic E-state index is -3.71. The summed E-state index contributed by atoms with van der Waals surface area (Å²) >= 11 is 0. The third kappa shape index (κ3) is 3.63. The molecule has 0 spiro atoms. The number of benzene rings is 2. The molecule has 2 N–H and O–H groups in total. The number of hydrogen-bond acceptors (Lipinski definition) is 4. The molecule has 2 aromatic carbocycles. The van der Waals surface area contributed by atoms with Crippen molar-refractivity contribution in [2.75, 3.05) is 13.1 Å². The molecule has 0 unspecified atom stereocenters. The summed E-state index contributed by atoms with van der Waals surface area (Å²) in [6.45, 7) is 0.388. The van der Waals surface area contributed by atoms with Gasteiger partial charge in [0, 0.05) is 24.7 Å². The van der Waals surface area contributed by atoms with Crippen LogP contribution in [0.2, 0.25) is 0 Å². The molecule has 1 amide bonds. The number of nitrogens with zero attached hydrogens (tertiary/aromatic N) is 1. The molecule has 0 saturated carbocycles. The second-order valence-corrected chi connectivity index (χ2v) is 9.12. The lowest BCUT2D eigenvalue weighted by molar-refractivity contribution is 0.0938. The van der Waals surface area contributed by atoms with Crippen LogP contribution in [-0.4, -0.2) is 49.0 Å². The average Bonchev–Trinajstić information content (AvgIpc) is 3.27. The molecule has 1 aliphatic heterocycles. The number of aliphatic hydroxyl groups is 1. The number of amides is 1. The summed E-state index contributed by atoms with van der Waals surface area (Å²) in [4.78, 5) is 12.7. The zero-order valence-electron chi connectivity index (χ0n) is 14.8. The van der Waals surface area contributed by atoms with Gasteiger partial charge >= 0.3 is 0 Å². The quantitative estimate of drug-likeness (QED) is 0.830. The van der Waals surface area contributed by atoms with Gasteiger partial charge in [0.2, 0.25) is 10.0 Å². The van der Waals surface area contributed by atoms with Crippen LogP contribution in [-0.2, 0) is 22.9 Å². The summed E-state index contributed by atoms with van der Waals surface area (Å²) in [5, 5.41) is 12.6. The van der Waals surface area contributed by atoms with Crippen LogP contribution >= 0.6 is 0 Å². The Morgan fingerprint density at radius 1 is 1.07 bits per heavy atom. The van der Waals surface area contributed by atoms with Crippen LogP contribution in [0.4, 0.5) is 0 Å². The first kappa shape index (κ1) is 18.2. The van der Waals surface area contributed by atoms with Crippen LogP contribution in [0.25, 0.3) is 0 Å². The van der Waals surface area contributed by atoms with E-state index in [9.17, 15) is 18.3 Å². The van der Waals surface area contributed by atoms with Gasteiger partial charge in [0.1, 0.15) is 0 Å². The fraction of sp³-hybridized carbons (Fsp3) is 0.350. The number of sulfonamides is 1. The Morgan fingerprint density at radius 2 is 1.78 bits per heavy atom. The molecule has 0 radical (unpaired) electrons. The van der Waals surface area contributed by atoms with Gasteiger partial charge in [0.05, 0.1) is 11.0 Å². The molecule has 2 aliphatic rings. The number of aliphatic hydroxyl groups excluding tert-OH is 1. The van der Waals surface area contributed by atoms with Gasteiger partial charge in [0.25, 0.3) is 5.91 Å². The van der Waals surface area contributed by atoms with Crippen molar-refractivity contribution in [1.82, 2.24) is 9.62 Å². The summed E-state index contributed by atoms with van der Waals surface area (Å²) < 4.78 is 26.7. The maximum absolute atomic E-state index is 12.7. The summed E-state index contributed by atoms with van der Waals surface area (Å²) in [7, 11) is -3.71. The summed E-state index contributed by atoms with van der Waals surface area (Å²) in [6.07, 6.45) is 1.37. The zero-order valence-corrected chi connectivity index (χ0v) is 15.7. The number of carbonyl (C=O) groups is 1. The molecule has 1 fully saturated rings. The summed E-state index contributed by atoms with van der Waals surface area (Å²) in [5.41, 5.74) is 2.81. The highest BCUT2D eigenvalue weighted by molar-refractivity contribution is 7.89. The number of carbonyl (C=O) groups excluding carboxylic acids is 1. The maximum atomic E-state index is 12.7. The van der Waals surface area contributed by atoms with E-state index in [0.717, 1.165) is 12.8 Å². The number of rotatable bonds is 4. The first-order valence-electron chi connectivity index (χ1n) is 9.09. The highest BCUT2D eigenvalue weighted by Crippen LogP contribution is 2.24. The van der Waals surface area contributed by atoms with E-state index in [-0.39, 0.29) is 23.4 Å². The third-order valence-electron chi connectivity index (χ3n) is 5.25. The minimum Gasteiger partial charge on any atom is -0.392 e. The van der Waals surface area contributed by atoms with Crippen molar-refractivity contribution in [3.63, 3.8) is 0 Å². The van der Waals surface area contributed by atoms with E-state index in [4.69, 9.17) is 0 Å². The van der Waals surface area contributed by atoms with Crippen molar-refractivity contribution < 1.29 is 18.3 Å². The van der Waals surface area contributed by atoms with E-state index >= 15 is 0 Å². The van der Waals surface area contributed by atoms with Crippen molar-refractivity contribution in [2.24, 2.45) is 0 Å². The molecule has 0 bridgehead atoms. The SMILES string of the molecule is O=C(NC1Cc2ccccc2C1)c1cccc(S(=O)(=O)N2CC[C@@H](O)C2)c1. The maximum Gasteiger partial charge on any atom is 0.251 e. The fourth-order valence-electron chi connectivity index (χ4n) is 3.81. The van der Waals surface area contributed by atoms with E-state index in [0.29, 0.717) is 18.5 Å². The van der Waals surface area contributed by atoms with Crippen LogP contribution in [0.5, 0.6) is 0 Å². The molecule has 1 saturated heterocycles. The Balaban J connectivity index is 1.49. The monoisotopic (exact) mass is 386 g/mol. The highest BCUT2D eigenvalue weighted by Gasteiger charge is 2.32. The van der Waals surface area contributed by atoms with Crippen LogP contribution in [0.1, 0.15) is 27.9 Å². The van der Waals surface area contributed by atoms with Gasteiger partial charge in [0.15, 0.2) is 0 Å². The van der Waals surface area contributed by atoms with E-state index < -0.39 is 16.1 Å². The summed E-state index contributed by atoms with van der Waals surface area (Å²) in [5.74, 6) is -0.272. The Bertz CT molecular complexity index is 948. The van der Waals surface area contributed by atoms with E-state index in [1.54, 1.807) is 12.1 Å². The molecule has 7 heteroatoms. The second kappa shape index (κ2) is 7.07. The number of nitrogens with one attached hydrogen (secondary N) is 1. The standard InChI is InChI=1S/C20H22N2O4S/c23-18-8-9-22(13-18)27(25,26)19-7-3-6-16(12-19)20(24)21-17-10-14-4-1-2-5-15(14)11-17/h1-7,12,17-18,23H,8-11,13H2,(H,21,24)/t18-/m1/s1. The first-order valence-corrected chi connectivity index (χ1v) is 10.5.